The number of aromatic carboxylic acids is 2. The Labute approximate surface area is 493 Å². The molecule has 432 valence electrons. The first-order valence-electron chi connectivity index (χ1n) is 28.0. The number of aliphatic carboxylic acids is 1. The molecular formula is C65H82Cl2N2O9S2. The second-order valence-electron chi connectivity index (χ2n) is 23.0. The summed E-state index contributed by atoms with van der Waals surface area (Å²) in [6, 6.07) is 31.0. The number of hydrogen-bond acceptors (Lipinski definition) is 8. The molecule has 0 spiro atoms. The number of hydrogen-bond donors (Lipinski definition) is 5. The zero-order valence-electron chi connectivity index (χ0n) is 48.0. The lowest BCUT2D eigenvalue weighted by Crippen LogP contribution is -2.26. The summed E-state index contributed by atoms with van der Waals surface area (Å²) in [6.07, 6.45) is 8.46. The van der Waals surface area contributed by atoms with Gasteiger partial charge in [0, 0.05) is 55.4 Å². The molecule has 1 saturated carbocycles. The standard InChI is InChI=1S/C46H55ClN2O6S2.C19H27ClO3/c1-7-46(5,6)39-26-35(17-21-41(39)57-28-29(2)23-24-48-43(51)32-11-13-33(14-12-32)44(52)53)30(3)31(4)38-27-36(47)18-22-40(38)56-25-9-8-10-42(50)49-37-19-15-34(16-20-37)45(54)55;1-19(2,3)16-11-15(20)8-9-17(16)23-12-13-6-4-5-7-14(10-13)18(21)22/h11-22,26-27,29-31H,7-10,23-25,28H2,1-6H3,(H,48,51)(H,49,50)(H,52,53)(H,54,55);8-9,11,13-14H,4-7,10,12H2,1-3H3,(H,21,22). The van der Waals surface area contributed by atoms with E-state index < -0.39 is 17.9 Å². The number of carbonyl (C=O) groups excluding carboxylic acids is 2. The van der Waals surface area contributed by atoms with Crippen molar-refractivity contribution < 1.29 is 44.0 Å². The van der Waals surface area contributed by atoms with E-state index in [0.717, 1.165) is 74.2 Å². The number of unbranched alkanes of at least 4 members (excludes halogenated alkanes) is 1. The summed E-state index contributed by atoms with van der Waals surface area (Å²) in [6.45, 7) is 21.1. The van der Waals surface area contributed by atoms with Gasteiger partial charge in [-0.15, -0.1) is 23.5 Å². The third-order valence-corrected chi connectivity index (χ3v) is 18.3. The van der Waals surface area contributed by atoms with Gasteiger partial charge in [0.2, 0.25) is 5.91 Å². The topological polar surface area (TPSA) is 179 Å². The minimum Gasteiger partial charge on any atom is -0.493 e. The van der Waals surface area contributed by atoms with E-state index in [9.17, 15) is 29.1 Å². The molecule has 1 aliphatic rings. The molecule has 15 heteroatoms. The summed E-state index contributed by atoms with van der Waals surface area (Å²) in [5, 5.41) is 34.7. The number of rotatable bonds is 25. The fraction of sp³-hybridized carbons (Fsp3) is 0.462. The summed E-state index contributed by atoms with van der Waals surface area (Å²) in [5.74, 6) is 0.532. The first-order valence-corrected chi connectivity index (χ1v) is 30.7. The highest BCUT2D eigenvalue weighted by molar-refractivity contribution is 7.99. The van der Waals surface area contributed by atoms with Gasteiger partial charge >= 0.3 is 17.9 Å². The van der Waals surface area contributed by atoms with Gasteiger partial charge in [-0.1, -0.05) is 110 Å². The monoisotopic (exact) mass is 1170 g/mol. The number of nitrogens with one attached hydrogen (secondary N) is 2. The molecule has 5 N–H and O–H groups in total. The van der Waals surface area contributed by atoms with Crippen LogP contribution in [0.4, 0.5) is 5.69 Å². The first-order chi connectivity index (χ1) is 37.9. The Morgan fingerprint density at radius 2 is 1.31 bits per heavy atom. The Morgan fingerprint density at radius 1 is 0.700 bits per heavy atom. The van der Waals surface area contributed by atoms with Crippen LogP contribution in [0.5, 0.6) is 5.75 Å². The highest BCUT2D eigenvalue weighted by Gasteiger charge is 2.28. The van der Waals surface area contributed by atoms with E-state index in [2.05, 4.69) is 103 Å². The number of anilines is 1. The van der Waals surface area contributed by atoms with E-state index in [1.165, 1.54) is 62.9 Å². The van der Waals surface area contributed by atoms with Crippen molar-refractivity contribution in [3.63, 3.8) is 0 Å². The number of amides is 2. The van der Waals surface area contributed by atoms with Crippen LogP contribution in [0.15, 0.2) is 113 Å². The quantitative estimate of drug-likeness (QED) is 0.0213. The maximum absolute atomic E-state index is 12.6. The number of carboxylic acids is 3. The lowest BCUT2D eigenvalue weighted by atomic mass is 9.78. The smallest absolute Gasteiger partial charge is 0.335 e. The predicted octanol–water partition coefficient (Wildman–Crippen LogP) is 17.1. The summed E-state index contributed by atoms with van der Waals surface area (Å²) in [5.41, 5.74) is 6.24. The normalized spacial score (nSPS) is 15.7. The van der Waals surface area contributed by atoms with Crippen molar-refractivity contribution >= 4 is 82.1 Å². The van der Waals surface area contributed by atoms with E-state index in [1.807, 2.05) is 36.0 Å². The number of halogens is 2. The minimum absolute atomic E-state index is 0.0202. The molecule has 1 aliphatic carbocycles. The second-order valence-corrected chi connectivity index (χ2v) is 26.0. The van der Waals surface area contributed by atoms with Gasteiger partial charge in [0.1, 0.15) is 5.75 Å². The molecule has 5 unspecified atom stereocenters. The van der Waals surface area contributed by atoms with Gasteiger partial charge < -0.3 is 30.7 Å². The third-order valence-electron chi connectivity index (χ3n) is 15.3. The Balaban J connectivity index is 0.000000424. The Bertz CT molecular complexity index is 2870. The number of carboxylic acid groups (broad SMARTS) is 3. The molecule has 0 bridgehead atoms. The molecule has 5 aromatic rings. The number of thioether (sulfide) groups is 2. The van der Waals surface area contributed by atoms with Crippen molar-refractivity contribution in [2.45, 2.75) is 159 Å². The molecule has 5 atom stereocenters. The molecule has 0 saturated heterocycles. The average Bonchev–Trinajstić information content (AvgIpc) is 3.68. The van der Waals surface area contributed by atoms with Crippen molar-refractivity contribution in [1.29, 1.82) is 0 Å². The van der Waals surface area contributed by atoms with Crippen molar-refractivity contribution in [3.05, 3.63) is 152 Å². The SMILES string of the molecule is CC(C)(C)c1cc(Cl)ccc1OCC1CCCCC(C(=O)O)C1.CCC(C)(C)c1cc(C(C)C(C)c2cc(Cl)ccc2SCCCCC(=O)Nc2ccc(C(=O)O)cc2)ccc1SCC(C)CCNC(=O)c1ccc(C(=O)O)cc1. The van der Waals surface area contributed by atoms with Crippen LogP contribution in [0.25, 0.3) is 0 Å². The summed E-state index contributed by atoms with van der Waals surface area (Å²) < 4.78 is 6.09. The maximum Gasteiger partial charge on any atom is 0.335 e. The van der Waals surface area contributed by atoms with Gasteiger partial charge in [0.15, 0.2) is 0 Å². The van der Waals surface area contributed by atoms with E-state index >= 15 is 0 Å². The molecular weight excluding hydrogens is 1090 g/mol. The fourth-order valence-electron chi connectivity index (χ4n) is 9.60. The van der Waals surface area contributed by atoms with Gasteiger partial charge in [-0.25, -0.2) is 9.59 Å². The third kappa shape index (κ3) is 20.2. The molecule has 6 rings (SSSR count). The summed E-state index contributed by atoms with van der Waals surface area (Å²) in [7, 11) is 0. The lowest BCUT2D eigenvalue weighted by Gasteiger charge is -2.30. The Hall–Kier alpha value is -5.47. The maximum atomic E-state index is 12.6. The predicted molar refractivity (Wildman–Crippen MR) is 328 cm³/mol. The van der Waals surface area contributed by atoms with E-state index in [4.69, 9.17) is 38.2 Å². The molecule has 0 heterocycles. The van der Waals surface area contributed by atoms with Gasteiger partial charge in [-0.3, -0.25) is 14.4 Å². The van der Waals surface area contributed by atoms with E-state index in [1.54, 1.807) is 23.9 Å². The number of carbonyl (C=O) groups is 5. The van der Waals surface area contributed by atoms with E-state index in [-0.39, 0.29) is 51.5 Å². The molecule has 2 amide bonds. The van der Waals surface area contributed by atoms with Gasteiger partial charge in [0.05, 0.1) is 23.7 Å². The van der Waals surface area contributed by atoms with Crippen LogP contribution in [-0.2, 0) is 20.4 Å². The zero-order valence-corrected chi connectivity index (χ0v) is 51.1. The average molecular weight is 1170 g/mol. The van der Waals surface area contributed by atoms with Crippen molar-refractivity contribution in [3.8, 4) is 5.75 Å². The number of benzene rings is 5. The summed E-state index contributed by atoms with van der Waals surface area (Å²) in [4.78, 5) is 61.1. The molecule has 0 aliphatic heterocycles. The van der Waals surface area contributed by atoms with Crippen LogP contribution >= 0.6 is 46.7 Å². The second kappa shape index (κ2) is 31.1. The van der Waals surface area contributed by atoms with Crippen molar-refractivity contribution in [2.24, 2.45) is 17.8 Å². The molecule has 80 heavy (non-hydrogen) atoms. The highest BCUT2D eigenvalue weighted by atomic mass is 35.5. The van der Waals surface area contributed by atoms with Gasteiger partial charge in [-0.05, 0) is 193 Å². The van der Waals surface area contributed by atoms with Gasteiger partial charge in [-0.2, -0.15) is 0 Å². The molecule has 11 nitrogen and oxygen atoms in total. The van der Waals surface area contributed by atoms with Crippen LogP contribution < -0.4 is 15.4 Å². The van der Waals surface area contributed by atoms with E-state index in [0.29, 0.717) is 59.1 Å². The summed E-state index contributed by atoms with van der Waals surface area (Å²) >= 11 is 16.4. The fourth-order valence-corrected chi connectivity index (χ4v) is 12.4. The Morgan fingerprint density at radius 3 is 1.95 bits per heavy atom. The molecule has 0 aromatic heterocycles. The van der Waals surface area contributed by atoms with Crippen LogP contribution in [0, 0.1) is 17.8 Å². The van der Waals surface area contributed by atoms with Gasteiger partial charge in [0.25, 0.3) is 5.91 Å². The number of ether oxygens (including phenoxy) is 1. The highest BCUT2D eigenvalue weighted by Crippen LogP contribution is 2.43. The largest absolute Gasteiger partial charge is 0.493 e. The van der Waals surface area contributed by atoms with Crippen LogP contribution in [-0.4, -0.2) is 69.7 Å². The minimum atomic E-state index is -1.02. The lowest BCUT2D eigenvalue weighted by molar-refractivity contribution is -0.142. The van der Waals surface area contributed by atoms with Crippen LogP contribution in [0.2, 0.25) is 10.0 Å². The molecule has 0 radical (unpaired) electrons. The molecule has 1 fully saturated rings. The van der Waals surface area contributed by atoms with Crippen LogP contribution in [0.3, 0.4) is 0 Å². The van der Waals surface area contributed by atoms with Crippen LogP contribution in [0.1, 0.15) is 192 Å². The molecule has 5 aromatic carbocycles. The zero-order chi connectivity index (χ0) is 58.7. The van der Waals surface area contributed by atoms with Crippen molar-refractivity contribution in [2.75, 3.05) is 30.0 Å². The van der Waals surface area contributed by atoms with Crippen molar-refractivity contribution in [1.82, 2.24) is 5.32 Å². The Kier molecular flexibility index (Phi) is 25.4. The first kappa shape index (κ1) is 65.3.